The lowest BCUT2D eigenvalue weighted by molar-refractivity contribution is 1.24. The molecule has 2 heteroatoms. The highest BCUT2D eigenvalue weighted by Crippen LogP contribution is 2.54. The number of hydrogen-bond acceptors (Lipinski definition) is 2. The van der Waals surface area contributed by atoms with Gasteiger partial charge in [0.25, 0.3) is 0 Å². The third kappa shape index (κ3) is 2.79. The maximum Gasteiger partial charge on any atom is 0.0201 e. The normalized spacial score (nSPS) is 16.3. The molecule has 0 atom stereocenters. The minimum atomic E-state index is 1.30. The first-order chi connectivity index (χ1) is 14.7. The molecule has 0 fully saturated rings. The van der Waals surface area contributed by atoms with Crippen molar-refractivity contribution in [2.24, 2.45) is 0 Å². The summed E-state index contributed by atoms with van der Waals surface area (Å²) in [5, 5.41) is 0. The van der Waals surface area contributed by atoms with Crippen LogP contribution in [-0.4, -0.2) is 0 Å². The average molecular weight is 421 g/mol. The molecule has 0 aliphatic carbocycles. The SMILES string of the molecule is Cc1ccc2c(c1)/C(=C1/c3ccccc3Sc3ccc(C)cc31)c1ccccc1S2. The predicted molar refractivity (Wildman–Crippen MR) is 129 cm³/mol. The van der Waals surface area contributed by atoms with E-state index in [1.165, 1.54) is 64.1 Å². The van der Waals surface area contributed by atoms with Gasteiger partial charge in [-0.15, -0.1) is 0 Å². The molecule has 0 spiro atoms. The van der Waals surface area contributed by atoms with Gasteiger partial charge < -0.3 is 0 Å². The number of rotatable bonds is 0. The number of benzene rings is 4. The molecule has 0 bridgehead atoms. The summed E-state index contributed by atoms with van der Waals surface area (Å²) < 4.78 is 0. The smallest absolute Gasteiger partial charge is 0.0201 e. The summed E-state index contributed by atoms with van der Waals surface area (Å²) in [4.78, 5) is 5.35. The Morgan fingerprint density at radius 1 is 0.433 bits per heavy atom. The van der Waals surface area contributed by atoms with Crippen molar-refractivity contribution in [3.05, 3.63) is 118 Å². The van der Waals surface area contributed by atoms with Gasteiger partial charge in [-0.25, -0.2) is 0 Å². The molecule has 4 aromatic rings. The Kier molecular flexibility index (Phi) is 4.19. The van der Waals surface area contributed by atoms with Crippen LogP contribution in [-0.2, 0) is 0 Å². The van der Waals surface area contributed by atoms with Gasteiger partial charge in [0, 0.05) is 19.6 Å². The monoisotopic (exact) mass is 420 g/mol. The van der Waals surface area contributed by atoms with Gasteiger partial charge in [0.15, 0.2) is 0 Å². The summed E-state index contributed by atoms with van der Waals surface area (Å²) in [6, 6.07) is 31.5. The molecule has 0 amide bonds. The molecule has 0 unspecified atom stereocenters. The van der Waals surface area contributed by atoms with E-state index in [0.717, 1.165) is 0 Å². The molecular weight excluding hydrogens is 400 g/mol. The minimum Gasteiger partial charge on any atom is -0.0888 e. The first-order valence-corrected chi connectivity index (χ1v) is 11.8. The van der Waals surface area contributed by atoms with Crippen LogP contribution in [0.1, 0.15) is 33.4 Å². The van der Waals surface area contributed by atoms with Crippen molar-refractivity contribution in [2.75, 3.05) is 0 Å². The molecular formula is C28H20S2. The molecule has 0 saturated heterocycles. The van der Waals surface area contributed by atoms with Crippen LogP contribution in [0.2, 0.25) is 0 Å². The zero-order valence-electron chi connectivity index (χ0n) is 16.9. The average Bonchev–Trinajstić information content (AvgIpc) is 2.76. The van der Waals surface area contributed by atoms with Crippen LogP contribution < -0.4 is 0 Å². The summed E-state index contributed by atoms with van der Waals surface area (Å²) in [5.41, 5.74) is 10.7. The number of aryl methyl sites for hydroxylation is 2. The predicted octanol–water partition coefficient (Wildman–Crippen LogP) is 8.24. The molecule has 0 N–H and O–H groups in total. The van der Waals surface area contributed by atoms with Crippen LogP contribution in [0.4, 0.5) is 0 Å². The molecule has 4 aromatic carbocycles. The molecule has 2 aliphatic heterocycles. The third-order valence-corrected chi connectivity index (χ3v) is 8.12. The fourth-order valence-electron chi connectivity index (χ4n) is 4.45. The summed E-state index contributed by atoms with van der Waals surface area (Å²) in [6.07, 6.45) is 0. The zero-order chi connectivity index (χ0) is 20.2. The maximum atomic E-state index is 2.36. The standard InChI is InChI=1S/C28H20S2/c1-17-11-13-25-21(15-17)27(19-7-3-5-9-23(19)29-25)28-20-8-4-6-10-24(20)30-26-14-12-18(2)16-22(26)28/h3-16H,1-2H3/b28-27-. The maximum absolute atomic E-state index is 2.36. The highest BCUT2D eigenvalue weighted by molar-refractivity contribution is 8.00. The molecule has 0 aromatic heterocycles. The van der Waals surface area contributed by atoms with Crippen molar-refractivity contribution in [1.29, 1.82) is 0 Å². The van der Waals surface area contributed by atoms with Crippen molar-refractivity contribution in [3.8, 4) is 0 Å². The fourth-order valence-corrected chi connectivity index (χ4v) is 6.59. The van der Waals surface area contributed by atoms with E-state index in [0.29, 0.717) is 0 Å². The van der Waals surface area contributed by atoms with Gasteiger partial charge in [-0.3, -0.25) is 0 Å². The van der Waals surface area contributed by atoms with E-state index in [4.69, 9.17) is 0 Å². The van der Waals surface area contributed by atoms with Gasteiger partial charge >= 0.3 is 0 Å². The Hall–Kier alpha value is -2.68. The van der Waals surface area contributed by atoms with Crippen molar-refractivity contribution in [1.82, 2.24) is 0 Å². The molecule has 0 nitrogen and oxygen atoms in total. The second kappa shape index (κ2) is 6.94. The lowest BCUT2D eigenvalue weighted by Gasteiger charge is -2.30. The lowest BCUT2D eigenvalue weighted by atomic mass is 9.84. The summed E-state index contributed by atoms with van der Waals surface area (Å²) in [6.45, 7) is 4.38. The summed E-state index contributed by atoms with van der Waals surface area (Å²) in [7, 11) is 0. The minimum absolute atomic E-state index is 1.30. The van der Waals surface area contributed by atoms with E-state index in [-0.39, 0.29) is 0 Å². The molecule has 2 heterocycles. The van der Waals surface area contributed by atoms with E-state index in [1.807, 2.05) is 23.5 Å². The first kappa shape index (κ1) is 18.1. The van der Waals surface area contributed by atoms with Crippen molar-refractivity contribution in [3.63, 3.8) is 0 Å². The first-order valence-electron chi connectivity index (χ1n) is 10.2. The van der Waals surface area contributed by atoms with Crippen molar-refractivity contribution >= 4 is 34.7 Å². The van der Waals surface area contributed by atoms with Crippen molar-refractivity contribution in [2.45, 2.75) is 33.4 Å². The Morgan fingerprint density at radius 2 is 0.833 bits per heavy atom. The number of fused-ring (bicyclic) bond motifs is 4. The molecule has 144 valence electrons. The Labute approximate surface area is 186 Å². The summed E-state index contributed by atoms with van der Waals surface area (Å²) in [5.74, 6) is 0. The Bertz CT molecular complexity index is 1260. The summed E-state index contributed by atoms with van der Waals surface area (Å²) >= 11 is 3.77. The van der Waals surface area contributed by atoms with Gasteiger partial charge in [-0.05, 0) is 71.5 Å². The van der Waals surface area contributed by atoms with Crippen molar-refractivity contribution < 1.29 is 0 Å². The van der Waals surface area contributed by atoms with Gasteiger partial charge in [0.05, 0.1) is 0 Å². The Balaban J connectivity index is 1.80. The highest BCUT2D eigenvalue weighted by Gasteiger charge is 2.29. The van der Waals surface area contributed by atoms with E-state index in [2.05, 4.69) is 98.8 Å². The van der Waals surface area contributed by atoms with Gasteiger partial charge in [-0.1, -0.05) is 95.3 Å². The quantitative estimate of drug-likeness (QED) is 0.243. The lowest BCUT2D eigenvalue weighted by Crippen LogP contribution is -2.07. The number of hydrogen-bond donors (Lipinski definition) is 0. The highest BCUT2D eigenvalue weighted by atomic mass is 32.2. The molecule has 0 radical (unpaired) electrons. The van der Waals surface area contributed by atoms with E-state index in [1.54, 1.807) is 0 Å². The van der Waals surface area contributed by atoms with Crippen LogP contribution in [0.15, 0.2) is 105 Å². The topological polar surface area (TPSA) is 0 Å². The molecule has 30 heavy (non-hydrogen) atoms. The fraction of sp³-hybridized carbons (Fsp3) is 0.0714. The molecule has 0 saturated carbocycles. The van der Waals surface area contributed by atoms with Crippen LogP contribution >= 0.6 is 23.5 Å². The second-order valence-corrected chi connectivity index (χ2v) is 10.1. The van der Waals surface area contributed by atoms with Crippen LogP contribution in [0.25, 0.3) is 11.1 Å². The van der Waals surface area contributed by atoms with Crippen LogP contribution in [0.3, 0.4) is 0 Å². The van der Waals surface area contributed by atoms with E-state index < -0.39 is 0 Å². The second-order valence-electron chi connectivity index (χ2n) is 7.95. The van der Waals surface area contributed by atoms with Crippen LogP contribution in [0.5, 0.6) is 0 Å². The van der Waals surface area contributed by atoms with Gasteiger partial charge in [0.2, 0.25) is 0 Å². The molecule has 6 rings (SSSR count). The Morgan fingerprint density at radius 3 is 1.30 bits per heavy atom. The van der Waals surface area contributed by atoms with Gasteiger partial charge in [0.1, 0.15) is 0 Å². The largest absolute Gasteiger partial charge is 0.0888 e. The zero-order valence-corrected chi connectivity index (χ0v) is 18.5. The molecule has 2 aliphatic rings. The van der Waals surface area contributed by atoms with Gasteiger partial charge in [-0.2, -0.15) is 0 Å². The van der Waals surface area contributed by atoms with Crippen LogP contribution in [0, 0.1) is 13.8 Å². The van der Waals surface area contributed by atoms with E-state index >= 15 is 0 Å². The van der Waals surface area contributed by atoms with E-state index in [9.17, 15) is 0 Å². The third-order valence-electron chi connectivity index (χ3n) is 5.81.